The highest BCUT2D eigenvalue weighted by Crippen LogP contribution is 2.34. The minimum absolute atomic E-state index is 0.0758. The summed E-state index contributed by atoms with van der Waals surface area (Å²) in [4.78, 5) is 11.4. The molecule has 1 atom stereocenters. The van der Waals surface area contributed by atoms with E-state index < -0.39 is 12.0 Å². The number of halogens is 3. The second-order valence-electron chi connectivity index (χ2n) is 4.03. The quantitative estimate of drug-likeness (QED) is 0.215. The minimum atomic E-state index is -2.75. The summed E-state index contributed by atoms with van der Waals surface area (Å²) < 4.78 is 4.66. The summed E-state index contributed by atoms with van der Waals surface area (Å²) in [7, 11) is 1.34. The summed E-state index contributed by atoms with van der Waals surface area (Å²) in [5.41, 5.74) is 0.419. The maximum Gasteiger partial charge on any atom is 0.342 e. The molecule has 0 aliphatic heterocycles. The molecule has 0 heterocycles. The Kier molecular flexibility index (Phi) is 8.55. The van der Waals surface area contributed by atoms with Crippen molar-refractivity contribution in [2.75, 3.05) is 7.11 Å². The van der Waals surface area contributed by atoms with Crippen LogP contribution in [0.15, 0.2) is 12.2 Å². The number of methoxy groups -OCH3 is 1. The molecule has 1 unspecified atom stereocenters. The number of esters is 1. The number of carbonyl (C=O) groups is 1. The van der Waals surface area contributed by atoms with Crippen molar-refractivity contribution in [2.24, 2.45) is 5.92 Å². The fraction of sp³-hybridized carbons (Fsp3) is 0.727. The Bertz CT molecular complexity index is 264. The molecule has 0 bridgehead atoms. The van der Waals surface area contributed by atoms with E-state index >= 15 is 0 Å². The lowest BCUT2D eigenvalue weighted by Gasteiger charge is -2.20. The summed E-state index contributed by atoms with van der Waals surface area (Å²) in [6.45, 7) is 5.88. The molecule has 0 aliphatic rings. The maximum atomic E-state index is 11.4. The van der Waals surface area contributed by atoms with Gasteiger partial charge in [0, 0.05) is 5.57 Å². The van der Waals surface area contributed by atoms with Gasteiger partial charge in [-0.05, 0) is 18.4 Å². The Hall–Kier alpha value is 0.297. The topological polar surface area (TPSA) is 26.3 Å². The molecular formula is C11H19Cl3O2Si. The van der Waals surface area contributed by atoms with Crippen molar-refractivity contribution in [2.45, 2.75) is 38.7 Å². The van der Waals surface area contributed by atoms with Gasteiger partial charge in [-0.15, -0.1) is 33.2 Å². The third kappa shape index (κ3) is 8.09. The van der Waals surface area contributed by atoms with E-state index in [1.165, 1.54) is 7.11 Å². The van der Waals surface area contributed by atoms with Crippen LogP contribution in [0.25, 0.3) is 0 Å². The van der Waals surface area contributed by atoms with Crippen molar-refractivity contribution in [3.63, 3.8) is 0 Å². The van der Waals surface area contributed by atoms with Crippen LogP contribution in [0.5, 0.6) is 0 Å². The van der Waals surface area contributed by atoms with Crippen LogP contribution in [0.3, 0.4) is 0 Å². The number of rotatable bonds is 8. The van der Waals surface area contributed by atoms with Crippen molar-refractivity contribution in [1.29, 1.82) is 0 Å². The molecule has 0 fully saturated rings. The standard InChI is InChI=1S/C11H19Cl3O2Si/c1-4-5-6-7-10(8-17(12,13)14)9(2)11(15)16-3/h10H,2,4-8H2,1,3H3. The zero-order chi connectivity index (χ0) is 13.5. The Labute approximate surface area is 118 Å². The molecule has 2 nitrogen and oxygen atoms in total. The Morgan fingerprint density at radius 1 is 1.35 bits per heavy atom. The van der Waals surface area contributed by atoms with E-state index in [9.17, 15) is 4.79 Å². The molecule has 100 valence electrons. The average Bonchev–Trinajstić information content (AvgIpc) is 2.24. The van der Waals surface area contributed by atoms with E-state index in [1.807, 2.05) is 0 Å². The molecular weight excluding hydrogens is 299 g/mol. The van der Waals surface area contributed by atoms with E-state index in [0.29, 0.717) is 11.6 Å². The number of carbonyl (C=O) groups excluding carboxylic acids is 1. The molecule has 0 amide bonds. The van der Waals surface area contributed by atoms with Crippen LogP contribution in [0.2, 0.25) is 6.04 Å². The van der Waals surface area contributed by atoms with Gasteiger partial charge < -0.3 is 4.74 Å². The lowest BCUT2D eigenvalue weighted by atomic mass is 9.96. The molecule has 0 N–H and O–H groups in total. The van der Waals surface area contributed by atoms with E-state index in [2.05, 4.69) is 18.2 Å². The summed E-state index contributed by atoms with van der Waals surface area (Å²) in [6, 6.07) is -2.33. The maximum absolute atomic E-state index is 11.4. The van der Waals surface area contributed by atoms with E-state index in [1.54, 1.807) is 0 Å². The highest BCUT2D eigenvalue weighted by Gasteiger charge is 2.32. The second-order valence-corrected chi connectivity index (χ2v) is 13.2. The number of hydrogen-bond donors (Lipinski definition) is 0. The third-order valence-electron chi connectivity index (χ3n) is 2.57. The van der Waals surface area contributed by atoms with Crippen molar-refractivity contribution < 1.29 is 9.53 Å². The second kappa shape index (κ2) is 8.41. The lowest BCUT2D eigenvalue weighted by Crippen LogP contribution is -2.21. The monoisotopic (exact) mass is 316 g/mol. The van der Waals surface area contributed by atoms with Crippen LogP contribution in [0.4, 0.5) is 0 Å². The molecule has 0 saturated heterocycles. The van der Waals surface area contributed by atoms with Crippen LogP contribution in [-0.2, 0) is 9.53 Å². The summed E-state index contributed by atoms with van der Waals surface area (Å²) >= 11 is 17.7. The Morgan fingerprint density at radius 3 is 2.35 bits per heavy atom. The third-order valence-corrected chi connectivity index (χ3v) is 4.92. The molecule has 0 radical (unpaired) electrons. The minimum Gasteiger partial charge on any atom is -0.466 e. The van der Waals surface area contributed by atoms with Crippen LogP contribution in [-0.4, -0.2) is 19.1 Å². The van der Waals surface area contributed by atoms with Crippen LogP contribution < -0.4 is 0 Å². The Morgan fingerprint density at radius 2 is 1.94 bits per heavy atom. The van der Waals surface area contributed by atoms with Gasteiger partial charge in [0.15, 0.2) is 0 Å². The molecule has 0 aromatic rings. The van der Waals surface area contributed by atoms with E-state index in [4.69, 9.17) is 33.2 Å². The van der Waals surface area contributed by atoms with Crippen molar-refractivity contribution in [3.8, 4) is 0 Å². The normalized spacial score (nSPS) is 13.2. The van der Waals surface area contributed by atoms with Crippen LogP contribution in [0, 0.1) is 5.92 Å². The van der Waals surface area contributed by atoms with Gasteiger partial charge in [-0.2, -0.15) is 0 Å². The largest absolute Gasteiger partial charge is 0.466 e. The molecule has 17 heavy (non-hydrogen) atoms. The molecule has 0 spiro atoms. The van der Waals surface area contributed by atoms with Gasteiger partial charge in [0.2, 0.25) is 0 Å². The van der Waals surface area contributed by atoms with Gasteiger partial charge in [0.1, 0.15) is 0 Å². The fourth-order valence-electron chi connectivity index (χ4n) is 1.62. The first-order chi connectivity index (χ1) is 7.81. The lowest BCUT2D eigenvalue weighted by molar-refractivity contribution is -0.136. The van der Waals surface area contributed by atoms with Crippen LogP contribution in [0.1, 0.15) is 32.6 Å². The van der Waals surface area contributed by atoms with Gasteiger partial charge in [0.05, 0.1) is 7.11 Å². The first-order valence-corrected chi connectivity index (χ1v) is 10.9. The smallest absolute Gasteiger partial charge is 0.342 e. The summed E-state index contributed by atoms with van der Waals surface area (Å²) in [5, 5.41) is 0. The molecule has 6 heteroatoms. The summed E-state index contributed by atoms with van der Waals surface area (Å²) in [6.07, 6.45) is 4.05. The summed E-state index contributed by atoms with van der Waals surface area (Å²) in [5.74, 6) is -0.483. The molecule has 0 aromatic heterocycles. The SMILES string of the molecule is C=C(C(=O)OC)C(CCCCC)C[Si](Cl)(Cl)Cl. The molecule has 0 saturated carbocycles. The van der Waals surface area contributed by atoms with Crippen molar-refractivity contribution in [3.05, 3.63) is 12.2 Å². The predicted octanol–water partition coefficient (Wildman–Crippen LogP) is 4.57. The zero-order valence-corrected chi connectivity index (χ0v) is 13.5. The molecule has 0 rings (SSSR count). The van der Waals surface area contributed by atoms with Crippen molar-refractivity contribution in [1.82, 2.24) is 0 Å². The van der Waals surface area contributed by atoms with Gasteiger partial charge in [-0.1, -0.05) is 32.8 Å². The molecule has 0 aliphatic carbocycles. The van der Waals surface area contributed by atoms with Gasteiger partial charge in [0.25, 0.3) is 0 Å². The van der Waals surface area contributed by atoms with Crippen molar-refractivity contribution >= 4 is 45.2 Å². The average molecular weight is 318 g/mol. The van der Waals surface area contributed by atoms with E-state index in [-0.39, 0.29) is 5.92 Å². The number of ether oxygens (including phenoxy) is 1. The Balaban J connectivity index is 4.49. The fourth-order valence-corrected chi connectivity index (χ4v) is 4.30. The highest BCUT2D eigenvalue weighted by atomic mass is 35.8. The van der Waals surface area contributed by atoms with Crippen LogP contribution >= 0.6 is 33.2 Å². The predicted molar refractivity (Wildman–Crippen MR) is 76.9 cm³/mol. The number of hydrogen-bond acceptors (Lipinski definition) is 2. The first-order valence-electron chi connectivity index (χ1n) is 5.65. The molecule has 0 aromatic carbocycles. The van der Waals surface area contributed by atoms with Gasteiger partial charge in [-0.25, -0.2) is 4.79 Å². The first kappa shape index (κ1) is 17.3. The zero-order valence-electron chi connectivity index (χ0n) is 10.3. The highest BCUT2D eigenvalue weighted by molar-refractivity contribution is 7.64. The van der Waals surface area contributed by atoms with Gasteiger partial charge >= 0.3 is 12.0 Å². The van der Waals surface area contributed by atoms with Gasteiger partial charge in [-0.3, -0.25) is 0 Å². The number of unbranched alkanes of at least 4 members (excludes halogenated alkanes) is 2. The van der Waals surface area contributed by atoms with E-state index in [0.717, 1.165) is 25.7 Å².